The second-order valence-corrected chi connectivity index (χ2v) is 7.84. The van der Waals surface area contributed by atoms with Crippen LogP contribution in [0.5, 0.6) is 0 Å². The highest BCUT2D eigenvalue weighted by atomic mass is 16.1. The molecule has 0 aliphatic rings. The van der Waals surface area contributed by atoms with Gasteiger partial charge in [0.2, 0.25) is 0 Å². The summed E-state index contributed by atoms with van der Waals surface area (Å²) in [5, 5.41) is 2.91. The van der Waals surface area contributed by atoms with Crippen LogP contribution in [0.15, 0.2) is 48.5 Å². The summed E-state index contributed by atoms with van der Waals surface area (Å²) in [6.07, 6.45) is 1.51. The molecule has 2 rings (SSSR count). The quantitative estimate of drug-likeness (QED) is 0.717. The molecule has 3 heteroatoms. The van der Waals surface area contributed by atoms with Gasteiger partial charge in [0.25, 0.3) is 5.91 Å². The van der Waals surface area contributed by atoms with Gasteiger partial charge in [0.1, 0.15) is 5.78 Å². The molecule has 0 spiro atoms. The summed E-state index contributed by atoms with van der Waals surface area (Å²) < 4.78 is 0. The molecule has 2 aromatic rings. The van der Waals surface area contributed by atoms with Gasteiger partial charge in [-0.15, -0.1) is 0 Å². The summed E-state index contributed by atoms with van der Waals surface area (Å²) in [7, 11) is 0. The van der Waals surface area contributed by atoms with Crippen molar-refractivity contribution in [2.75, 3.05) is 6.54 Å². The molecule has 0 heterocycles. The van der Waals surface area contributed by atoms with Crippen LogP contribution in [0.2, 0.25) is 0 Å². The van der Waals surface area contributed by atoms with Crippen LogP contribution in [0.1, 0.15) is 61.2 Å². The van der Waals surface area contributed by atoms with E-state index in [0.29, 0.717) is 30.4 Å². The van der Waals surface area contributed by atoms with E-state index in [2.05, 4.69) is 50.1 Å². The molecular weight excluding hydrogens is 346 g/mol. The van der Waals surface area contributed by atoms with E-state index in [9.17, 15) is 9.59 Å². The molecule has 3 nitrogen and oxygen atoms in total. The fourth-order valence-corrected chi connectivity index (χ4v) is 2.94. The third kappa shape index (κ3) is 7.40. The molecule has 0 aromatic heterocycles. The van der Waals surface area contributed by atoms with Crippen LogP contribution in [0, 0.1) is 23.7 Å². The number of rotatable bonds is 7. The lowest BCUT2D eigenvalue weighted by atomic mass is 9.96. The molecule has 0 saturated carbocycles. The van der Waals surface area contributed by atoms with E-state index in [-0.39, 0.29) is 11.7 Å². The minimum atomic E-state index is -0.0530. The second kappa shape index (κ2) is 10.5. The van der Waals surface area contributed by atoms with Gasteiger partial charge in [0.15, 0.2) is 0 Å². The Hall–Kier alpha value is -2.86. The first-order valence-electron chi connectivity index (χ1n) is 9.82. The SMILES string of the molecule is CC(=O)CC(C)Cc1ccc(C#Cc2ccc(C(=O)NCC(C)C)cc2)cc1. The Labute approximate surface area is 168 Å². The molecule has 0 bridgehead atoms. The van der Waals surface area contributed by atoms with Crippen molar-refractivity contribution in [3.63, 3.8) is 0 Å². The minimum Gasteiger partial charge on any atom is -0.352 e. The third-order valence-electron chi connectivity index (χ3n) is 4.34. The van der Waals surface area contributed by atoms with E-state index >= 15 is 0 Å². The molecule has 0 fully saturated rings. The Kier molecular flexibility index (Phi) is 8.02. The minimum absolute atomic E-state index is 0.0530. The largest absolute Gasteiger partial charge is 0.352 e. The first-order chi connectivity index (χ1) is 13.3. The summed E-state index contributed by atoms with van der Waals surface area (Å²) in [5.41, 5.74) is 3.69. The molecule has 28 heavy (non-hydrogen) atoms. The van der Waals surface area contributed by atoms with Gasteiger partial charge >= 0.3 is 0 Å². The van der Waals surface area contributed by atoms with E-state index in [1.165, 1.54) is 5.56 Å². The molecule has 0 radical (unpaired) electrons. The fourth-order valence-electron chi connectivity index (χ4n) is 2.94. The zero-order valence-electron chi connectivity index (χ0n) is 17.2. The number of Topliss-reactive ketones (excluding diaryl/α,β-unsaturated/α-hetero) is 1. The lowest BCUT2D eigenvalue weighted by Crippen LogP contribution is -2.27. The zero-order valence-corrected chi connectivity index (χ0v) is 17.2. The second-order valence-electron chi connectivity index (χ2n) is 7.84. The fraction of sp³-hybridized carbons (Fsp3) is 0.360. The van der Waals surface area contributed by atoms with Gasteiger partial charge in [0.05, 0.1) is 0 Å². The summed E-state index contributed by atoms with van der Waals surface area (Å²) in [6.45, 7) is 8.54. The number of ketones is 1. The van der Waals surface area contributed by atoms with Crippen molar-refractivity contribution >= 4 is 11.7 Å². The van der Waals surface area contributed by atoms with Gasteiger partial charge in [-0.25, -0.2) is 0 Å². The van der Waals surface area contributed by atoms with E-state index in [4.69, 9.17) is 0 Å². The molecule has 0 aliphatic carbocycles. The van der Waals surface area contributed by atoms with Gasteiger partial charge in [-0.05, 0) is 67.1 Å². The standard InChI is InChI=1S/C25H29NO2/c1-18(2)17-26-25(28)24-13-11-22(12-14-24)6-5-21-7-9-23(10-8-21)16-19(3)15-20(4)27/h7-14,18-19H,15-17H2,1-4H3,(H,26,28). The molecule has 1 atom stereocenters. The van der Waals surface area contributed by atoms with E-state index in [1.807, 2.05) is 24.3 Å². The number of hydrogen-bond donors (Lipinski definition) is 1. The van der Waals surface area contributed by atoms with Crippen molar-refractivity contribution in [2.45, 2.75) is 40.5 Å². The highest BCUT2D eigenvalue weighted by Gasteiger charge is 2.07. The van der Waals surface area contributed by atoms with Crippen molar-refractivity contribution < 1.29 is 9.59 Å². The Balaban J connectivity index is 1.95. The van der Waals surface area contributed by atoms with Crippen molar-refractivity contribution in [3.05, 3.63) is 70.8 Å². The van der Waals surface area contributed by atoms with E-state index in [0.717, 1.165) is 17.5 Å². The average Bonchev–Trinajstić information content (AvgIpc) is 2.65. The van der Waals surface area contributed by atoms with Crippen LogP contribution in [-0.4, -0.2) is 18.2 Å². The molecular formula is C25H29NO2. The average molecular weight is 376 g/mol. The molecule has 2 aromatic carbocycles. The maximum Gasteiger partial charge on any atom is 0.251 e. The Bertz CT molecular complexity index is 852. The zero-order chi connectivity index (χ0) is 20.5. The predicted molar refractivity (Wildman–Crippen MR) is 114 cm³/mol. The smallest absolute Gasteiger partial charge is 0.251 e. The van der Waals surface area contributed by atoms with Crippen molar-refractivity contribution in [1.82, 2.24) is 5.32 Å². The molecule has 1 unspecified atom stereocenters. The van der Waals surface area contributed by atoms with Crippen LogP contribution in [0.4, 0.5) is 0 Å². The number of nitrogens with one attached hydrogen (secondary N) is 1. The summed E-state index contributed by atoms with van der Waals surface area (Å²) in [4.78, 5) is 23.2. The first-order valence-corrected chi connectivity index (χ1v) is 9.82. The number of amides is 1. The number of benzene rings is 2. The van der Waals surface area contributed by atoms with Crippen LogP contribution in [-0.2, 0) is 11.2 Å². The van der Waals surface area contributed by atoms with Gasteiger partial charge in [-0.2, -0.15) is 0 Å². The number of hydrogen-bond acceptors (Lipinski definition) is 2. The lowest BCUT2D eigenvalue weighted by molar-refractivity contribution is -0.117. The molecule has 0 saturated heterocycles. The molecule has 146 valence electrons. The maximum atomic E-state index is 12.0. The highest BCUT2D eigenvalue weighted by Crippen LogP contribution is 2.13. The third-order valence-corrected chi connectivity index (χ3v) is 4.34. The highest BCUT2D eigenvalue weighted by molar-refractivity contribution is 5.94. The van der Waals surface area contributed by atoms with Crippen LogP contribution < -0.4 is 5.32 Å². The van der Waals surface area contributed by atoms with Gasteiger partial charge < -0.3 is 10.1 Å². The molecule has 1 N–H and O–H groups in total. The molecule has 0 aliphatic heterocycles. The van der Waals surface area contributed by atoms with Crippen molar-refractivity contribution in [3.8, 4) is 11.8 Å². The summed E-state index contributed by atoms with van der Waals surface area (Å²) in [6, 6.07) is 15.5. The Morgan fingerprint density at radius 3 is 1.93 bits per heavy atom. The number of carbonyl (C=O) groups excluding carboxylic acids is 2. The van der Waals surface area contributed by atoms with Crippen molar-refractivity contribution in [2.24, 2.45) is 11.8 Å². The maximum absolute atomic E-state index is 12.0. The van der Waals surface area contributed by atoms with E-state index in [1.54, 1.807) is 19.1 Å². The van der Waals surface area contributed by atoms with Gasteiger partial charge in [-0.3, -0.25) is 4.79 Å². The van der Waals surface area contributed by atoms with Gasteiger partial charge in [-0.1, -0.05) is 44.7 Å². The predicted octanol–water partition coefficient (Wildman–Crippen LogP) is 4.63. The number of carbonyl (C=O) groups is 2. The summed E-state index contributed by atoms with van der Waals surface area (Å²) in [5.74, 6) is 7.26. The topological polar surface area (TPSA) is 46.2 Å². The normalized spacial score (nSPS) is 11.5. The Morgan fingerprint density at radius 1 is 0.893 bits per heavy atom. The summed E-state index contributed by atoms with van der Waals surface area (Å²) >= 11 is 0. The van der Waals surface area contributed by atoms with E-state index < -0.39 is 0 Å². The lowest BCUT2D eigenvalue weighted by Gasteiger charge is -2.09. The monoisotopic (exact) mass is 375 g/mol. The van der Waals surface area contributed by atoms with Crippen LogP contribution >= 0.6 is 0 Å². The Morgan fingerprint density at radius 2 is 1.43 bits per heavy atom. The van der Waals surface area contributed by atoms with Crippen LogP contribution in [0.25, 0.3) is 0 Å². The van der Waals surface area contributed by atoms with Crippen LogP contribution in [0.3, 0.4) is 0 Å². The van der Waals surface area contributed by atoms with Gasteiger partial charge in [0, 0.05) is 29.7 Å². The first kappa shape index (κ1) is 21.4. The molecule has 1 amide bonds. The van der Waals surface area contributed by atoms with Crippen molar-refractivity contribution in [1.29, 1.82) is 0 Å².